The summed E-state index contributed by atoms with van der Waals surface area (Å²) >= 11 is 0. The predicted octanol–water partition coefficient (Wildman–Crippen LogP) is -0.341. The second-order valence-corrected chi connectivity index (χ2v) is 5.97. The van der Waals surface area contributed by atoms with Gasteiger partial charge in [-0.05, 0) is 6.92 Å². The van der Waals surface area contributed by atoms with Crippen LogP contribution >= 0.6 is 0 Å². The molecule has 0 spiro atoms. The third-order valence-corrected chi connectivity index (χ3v) is 4.37. The van der Waals surface area contributed by atoms with E-state index in [1.807, 2.05) is 17.8 Å². The van der Waals surface area contributed by atoms with Crippen LogP contribution in [0.3, 0.4) is 0 Å². The SMILES string of the molecule is CCn1cc(O[C@@H]2CN(CCN3CCOCC3)C[C@H]2O)cn1. The maximum absolute atomic E-state index is 10.2. The number of aromatic nitrogens is 2. The van der Waals surface area contributed by atoms with Crippen LogP contribution in [0.25, 0.3) is 0 Å². The number of likely N-dealkylation sites (tertiary alicyclic amines) is 1. The van der Waals surface area contributed by atoms with Gasteiger partial charge in [0, 0.05) is 45.8 Å². The van der Waals surface area contributed by atoms with Crippen molar-refractivity contribution in [2.45, 2.75) is 25.7 Å². The molecule has 0 amide bonds. The fourth-order valence-electron chi connectivity index (χ4n) is 2.99. The third-order valence-electron chi connectivity index (χ3n) is 4.37. The zero-order valence-electron chi connectivity index (χ0n) is 13.2. The van der Waals surface area contributed by atoms with Gasteiger partial charge in [0.25, 0.3) is 0 Å². The van der Waals surface area contributed by atoms with Gasteiger partial charge in [-0.25, -0.2) is 0 Å². The van der Waals surface area contributed by atoms with Crippen molar-refractivity contribution >= 4 is 0 Å². The molecule has 2 fully saturated rings. The van der Waals surface area contributed by atoms with Crippen molar-refractivity contribution in [3.63, 3.8) is 0 Å². The van der Waals surface area contributed by atoms with Crippen molar-refractivity contribution in [2.75, 3.05) is 52.5 Å². The first-order valence-electron chi connectivity index (χ1n) is 8.14. The molecule has 1 aromatic rings. The number of β-amino-alcohol motifs (C(OH)–C–C–N with tert-alkyl or cyclic N) is 1. The van der Waals surface area contributed by atoms with Crippen LogP contribution in [0.1, 0.15) is 6.92 Å². The average Bonchev–Trinajstić information content (AvgIpc) is 3.14. The fraction of sp³-hybridized carbons (Fsp3) is 0.800. The van der Waals surface area contributed by atoms with Gasteiger partial charge in [0.15, 0.2) is 5.75 Å². The summed E-state index contributed by atoms with van der Waals surface area (Å²) in [6.07, 6.45) is 2.99. The molecule has 1 aromatic heterocycles. The summed E-state index contributed by atoms with van der Waals surface area (Å²) in [5.74, 6) is 0.737. The van der Waals surface area contributed by atoms with E-state index < -0.39 is 6.10 Å². The van der Waals surface area contributed by atoms with E-state index in [2.05, 4.69) is 14.9 Å². The van der Waals surface area contributed by atoms with Gasteiger partial charge in [-0.15, -0.1) is 0 Å². The molecule has 0 bridgehead atoms. The molecule has 1 N–H and O–H groups in total. The van der Waals surface area contributed by atoms with E-state index in [-0.39, 0.29) is 6.10 Å². The number of rotatable bonds is 6. The average molecular weight is 310 g/mol. The minimum Gasteiger partial charge on any atom is -0.483 e. The number of hydrogen-bond acceptors (Lipinski definition) is 6. The zero-order valence-corrected chi connectivity index (χ0v) is 13.2. The molecule has 7 nitrogen and oxygen atoms in total. The van der Waals surface area contributed by atoms with E-state index in [4.69, 9.17) is 9.47 Å². The molecule has 2 aliphatic rings. The highest BCUT2D eigenvalue weighted by molar-refractivity contribution is 5.13. The number of nitrogens with zero attached hydrogens (tertiary/aromatic N) is 4. The second kappa shape index (κ2) is 7.41. The summed E-state index contributed by atoms with van der Waals surface area (Å²) in [4.78, 5) is 4.68. The maximum Gasteiger partial charge on any atom is 0.157 e. The molecule has 0 unspecified atom stereocenters. The number of hydrogen-bond donors (Lipinski definition) is 1. The minimum absolute atomic E-state index is 0.167. The van der Waals surface area contributed by atoms with Crippen LogP contribution < -0.4 is 4.74 Å². The van der Waals surface area contributed by atoms with Crippen LogP contribution in [0.15, 0.2) is 12.4 Å². The van der Waals surface area contributed by atoms with Gasteiger partial charge >= 0.3 is 0 Å². The van der Waals surface area contributed by atoms with Gasteiger partial charge in [-0.2, -0.15) is 5.10 Å². The molecule has 2 aliphatic heterocycles. The van der Waals surface area contributed by atoms with Crippen LogP contribution in [0.4, 0.5) is 0 Å². The lowest BCUT2D eigenvalue weighted by Crippen LogP contribution is -2.41. The Labute approximate surface area is 131 Å². The van der Waals surface area contributed by atoms with Crippen LogP contribution in [0, 0.1) is 0 Å². The Morgan fingerprint density at radius 1 is 1.27 bits per heavy atom. The first-order valence-corrected chi connectivity index (χ1v) is 8.14. The standard InChI is InChI=1S/C15H26N4O3/c1-2-19-10-13(9-16-19)22-15-12-18(11-14(15)20)4-3-17-5-7-21-8-6-17/h9-10,14-15,20H,2-8,11-12H2,1H3/t14-,15-/m1/s1. The lowest BCUT2D eigenvalue weighted by atomic mass is 10.3. The number of aliphatic hydroxyl groups excluding tert-OH is 1. The molecule has 0 aromatic carbocycles. The largest absolute Gasteiger partial charge is 0.483 e. The number of aliphatic hydroxyl groups is 1. The topological polar surface area (TPSA) is 63.0 Å². The van der Waals surface area contributed by atoms with Gasteiger partial charge in [0.05, 0.1) is 25.6 Å². The highest BCUT2D eigenvalue weighted by atomic mass is 16.5. The summed E-state index contributed by atoms with van der Waals surface area (Å²) in [5.41, 5.74) is 0. The lowest BCUT2D eigenvalue weighted by Gasteiger charge is -2.28. The molecular formula is C15H26N4O3. The summed E-state index contributed by atoms with van der Waals surface area (Å²) in [6, 6.07) is 0. The highest BCUT2D eigenvalue weighted by Crippen LogP contribution is 2.18. The third kappa shape index (κ3) is 3.98. The molecule has 22 heavy (non-hydrogen) atoms. The monoisotopic (exact) mass is 310 g/mol. The van der Waals surface area contributed by atoms with Crippen LogP contribution in [-0.2, 0) is 11.3 Å². The number of morpholine rings is 1. The van der Waals surface area contributed by atoms with Gasteiger partial charge < -0.3 is 14.6 Å². The van der Waals surface area contributed by atoms with Crippen molar-refractivity contribution < 1.29 is 14.6 Å². The van der Waals surface area contributed by atoms with E-state index in [0.717, 1.165) is 58.2 Å². The Kier molecular flexibility index (Phi) is 5.30. The molecule has 0 saturated carbocycles. The quantitative estimate of drug-likeness (QED) is 0.775. The van der Waals surface area contributed by atoms with Crippen molar-refractivity contribution in [3.8, 4) is 5.75 Å². The molecule has 2 saturated heterocycles. The Balaban J connectivity index is 1.44. The van der Waals surface area contributed by atoms with Gasteiger partial charge in [0.2, 0.25) is 0 Å². The Morgan fingerprint density at radius 2 is 2.05 bits per heavy atom. The molecular weight excluding hydrogens is 284 g/mol. The summed E-state index contributed by atoms with van der Waals surface area (Å²) in [6.45, 7) is 9.96. The van der Waals surface area contributed by atoms with Crippen LogP contribution in [0.2, 0.25) is 0 Å². The van der Waals surface area contributed by atoms with E-state index >= 15 is 0 Å². The van der Waals surface area contributed by atoms with Gasteiger partial charge in [-0.3, -0.25) is 14.5 Å². The predicted molar refractivity (Wildman–Crippen MR) is 82.0 cm³/mol. The Hall–Kier alpha value is -1.15. The molecule has 3 heterocycles. The van der Waals surface area contributed by atoms with Crippen LogP contribution in [0.5, 0.6) is 5.75 Å². The molecule has 124 valence electrons. The maximum atomic E-state index is 10.2. The number of ether oxygens (including phenoxy) is 2. The molecule has 0 radical (unpaired) electrons. The van der Waals surface area contributed by atoms with Crippen molar-refractivity contribution in [1.29, 1.82) is 0 Å². The van der Waals surface area contributed by atoms with Gasteiger partial charge in [-0.1, -0.05) is 0 Å². The molecule has 0 aliphatic carbocycles. The van der Waals surface area contributed by atoms with Gasteiger partial charge in [0.1, 0.15) is 12.2 Å². The van der Waals surface area contributed by atoms with E-state index in [9.17, 15) is 5.11 Å². The number of aryl methyl sites for hydroxylation is 1. The highest BCUT2D eigenvalue weighted by Gasteiger charge is 2.33. The van der Waals surface area contributed by atoms with Crippen molar-refractivity contribution in [1.82, 2.24) is 19.6 Å². The van der Waals surface area contributed by atoms with E-state index in [0.29, 0.717) is 6.54 Å². The van der Waals surface area contributed by atoms with E-state index in [1.165, 1.54) is 0 Å². The van der Waals surface area contributed by atoms with Crippen molar-refractivity contribution in [3.05, 3.63) is 12.4 Å². The van der Waals surface area contributed by atoms with Crippen molar-refractivity contribution in [2.24, 2.45) is 0 Å². The summed E-state index contributed by atoms with van der Waals surface area (Å²) in [5, 5.41) is 14.4. The first-order chi connectivity index (χ1) is 10.7. The summed E-state index contributed by atoms with van der Waals surface area (Å²) < 4.78 is 13.1. The smallest absolute Gasteiger partial charge is 0.157 e. The molecule has 3 rings (SSSR count). The summed E-state index contributed by atoms with van der Waals surface area (Å²) in [7, 11) is 0. The Morgan fingerprint density at radius 3 is 2.77 bits per heavy atom. The lowest BCUT2D eigenvalue weighted by molar-refractivity contribution is 0.0338. The minimum atomic E-state index is -0.435. The first kappa shape index (κ1) is 15.7. The zero-order chi connectivity index (χ0) is 15.4. The van der Waals surface area contributed by atoms with E-state index in [1.54, 1.807) is 6.20 Å². The Bertz CT molecular complexity index is 461. The van der Waals surface area contributed by atoms with Crippen LogP contribution in [-0.4, -0.2) is 89.4 Å². The molecule has 2 atom stereocenters. The fourth-order valence-corrected chi connectivity index (χ4v) is 2.99. The molecule has 7 heteroatoms. The second-order valence-electron chi connectivity index (χ2n) is 5.97. The normalized spacial score (nSPS) is 27.4.